The molecule has 14 heteroatoms. The molecule has 0 radical (unpaired) electrons. The van der Waals surface area contributed by atoms with E-state index in [4.69, 9.17) is 31.9 Å². The number of carboxylic acids is 4. The van der Waals surface area contributed by atoms with Crippen molar-refractivity contribution in [2.45, 2.75) is 38.8 Å². The molecule has 0 aromatic carbocycles. The Hall–Kier alpha value is -3.07. The maximum absolute atomic E-state index is 10.3. The molecule has 0 saturated heterocycles. The van der Waals surface area contributed by atoms with Crippen molar-refractivity contribution in [1.82, 2.24) is 9.97 Å². The second kappa shape index (κ2) is 19.3. The van der Waals surface area contributed by atoms with Gasteiger partial charge in [0.05, 0.1) is 25.1 Å². The lowest BCUT2D eigenvalue weighted by Gasteiger charge is -2.07. The SMILES string of the molecule is CC(C)CC(N)C(=O)O.NC(Cc1c[nH]cn1)C(=O)O.NCC(=O)O.NCC(=O)O. The predicted octanol–water partition coefficient (Wildman–Crippen LogP) is -2.13. The van der Waals surface area contributed by atoms with E-state index in [1.165, 1.54) is 6.33 Å². The highest BCUT2D eigenvalue weighted by molar-refractivity contribution is 5.73. The van der Waals surface area contributed by atoms with E-state index < -0.39 is 36.0 Å². The molecule has 1 heterocycles. The monoisotopic (exact) mass is 436 g/mol. The molecule has 1 aromatic heterocycles. The fourth-order valence-electron chi connectivity index (χ4n) is 1.32. The maximum atomic E-state index is 10.3. The van der Waals surface area contributed by atoms with Gasteiger partial charge >= 0.3 is 23.9 Å². The van der Waals surface area contributed by atoms with Crippen LogP contribution in [0.1, 0.15) is 26.0 Å². The second-order valence-corrected chi connectivity index (χ2v) is 5.98. The minimum absolute atomic E-state index is 0.263. The summed E-state index contributed by atoms with van der Waals surface area (Å²) in [6.45, 7) is 3.34. The number of aromatic amines is 1. The zero-order valence-corrected chi connectivity index (χ0v) is 16.9. The van der Waals surface area contributed by atoms with Gasteiger partial charge in [-0.05, 0) is 12.3 Å². The summed E-state index contributed by atoms with van der Waals surface area (Å²) in [5, 5.41) is 31.9. The highest BCUT2D eigenvalue weighted by atomic mass is 16.4. The van der Waals surface area contributed by atoms with Gasteiger partial charge in [0.2, 0.25) is 0 Å². The first-order valence-corrected chi connectivity index (χ1v) is 8.56. The minimum Gasteiger partial charge on any atom is -0.480 e. The largest absolute Gasteiger partial charge is 0.480 e. The summed E-state index contributed by atoms with van der Waals surface area (Å²) < 4.78 is 0. The Labute approximate surface area is 173 Å². The van der Waals surface area contributed by atoms with Gasteiger partial charge in [-0.25, -0.2) is 4.98 Å². The van der Waals surface area contributed by atoms with Crippen molar-refractivity contribution in [3.8, 4) is 0 Å². The molecule has 0 spiro atoms. The third-order valence-corrected chi connectivity index (χ3v) is 2.69. The molecule has 14 nitrogen and oxygen atoms in total. The van der Waals surface area contributed by atoms with Gasteiger partial charge in [-0.15, -0.1) is 0 Å². The molecule has 0 aliphatic carbocycles. The minimum atomic E-state index is -1.01. The number of aromatic nitrogens is 2. The molecule has 0 bridgehead atoms. The van der Waals surface area contributed by atoms with E-state index >= 15 is 0 Å². The van der Waals surface area contributed by atoms with Crippen LogP contribution in [0.4, 0.5) is 0 Å². The number of nitrogens with zero attached hydrogens (tertiary/aromatic N) is 1. The number of hydrogen-bond donors (Lipinski definition) is 9. The first-order valence-electron chi connectivity index (χ1n) is 8.56. The second-order valence-electron chi connectivity index (χ2n) is 5.98. The van der Waals surface area contributed by atoms with Gasteiger partial charge in [0.1, 0.15) is 12.1 Å². The van der Waals surface area contributed by atoms with E-state index in [0.717, 1.165) is 0 Å². The van der Waals surface area contributed by atoms with E-state index in [9.17, 15) is 19.2 Å². The van der Waals surface area contributed by atoms with Crippen LogP contribution >= 0.6 is 0 Å². The third kappa shape index (κ3) is 24.9. The van der Waals surface area contributed by atoms with Crippen LogP contribution in [0.25, 0.3) is 0 Å². The van der Waals surface area contributed by atoms with Crippen molar-refractivity contribution in [1.29, 1.82) is 0 Å². The molecular formula is C16H32N6O8. The zero-order chi connectivity index (χ0) is 24.3. The quantitative estimate of drug-likeness (QED) is 0.210. The molecule has 0 aliphatic heterocycles. The number of rotatable bonds is 8. The van der Waals surface area contributed by atoms with Gasteiger partial charge < -0.3 is 48.3 Å². The average molecular weight is 436 g/mol. The van der Waals surface area contributed by atoms with Gasteiger partial charge in [-0.3, -0.25) is 19.2 Å². The third-order valence-electron chi connectivity index (χ3n) is 2.69. The molecule has 2 unspecified atom stereocenters. The number of nitrogens with one attached hydrogen (secondary N) is 1. The van der Waals surface area contributed by atoms with E-state index in [0.29, 0.717) is 18.0 Å². The predicted molar refractivity (Wildman–Crippen MR) is 106 cm³/mol. The lowest BCUT2D eigenvalue weighted by molar-refractivity contribution is -0.139. The lowest BCUT2D eigenvalue weighted by Crippen LogP contribution is -2.32. The molecule has 1 rings (SSSR count). The highest BCUT2D eigenvalue weighted by Crippen LogP contribution is 2.01. The molecule has 13 N–H and O–H groups in total. The number of imidazole rings is 1. The Morgan fingerprint density at radius 2 is 1.33 bits per heavy atom. The van der Waals surface area contributed by atoms with Crippen LogP contribution < -0.4 is 22.9 Å². The topological polar surface area (TPSA) is 282 Å². The summed E-state index contributed by atoms with van der Waals surface area (Å²) in [6, 6.07) is -1.55. The summed E-state index contributed by atoms with van der Waals surface area (Å²) in [7, 11) is 0. The Morgan fingerprint density at radius 1 is 0.933 bits per heavy atom. The van der Waals surface area contributed by atoms with Crippen LogP contribution in [0, 0.1) is 5.92 Å². The summed E-state index contributed by atoms with van der Waals surface area (Å²) in [6.07, 6.45) is 3.93. The van der Waals surface area contributed by atoms with Crippen LogP contribution in [0.2, 0.25) is 0 Å². The number of carbonyl (C=O) groups is 4. The van der Waals surface area contributed by atoms with Crippen LogP contribution in [-0.2, 0) is 25.6 Å². The van der Waals surface area contributed by atoms with Crippen molar-refractivity contribution in [3.63, 3.8) is 0 Å². The van der Waals surface area contributed by atoms with Crippen molar-refractivity contribution in [2.75, 3.05) is 13.1 Å². The first-order chi connectivity index (χ1) is 13.8. The van der Waals surface area contributed by atoms with E-state index in [-0.39, 0.29) is 19.5 Å². The van der Waals surface area contributed by atoms with Crippen LogP contribution in [0.5, 0.6) is 0 Å². The van der Waals surface area contributed by atoms with Gasteiger partial charge in [-0.1, -0.05) is 13.8 Å². The van der Waals surface area contributed by atoms with Gasteiger partial charge in [-0.2, -0.15) is 0 Å². The van der Waals surface area contributed by atoms with Gasteiger partial charge in [0, 0.05) is 12.6 Å². The smallest absolute Gasteiger partial charge is 0.320 e. The molecular weight excluding hydrogens is 404 g/mol. The summed E-state index contributed by atoms with van der Waals surface area (Å²) >= 11 is 0. The van der Waals surface area contributed by atoms with E-state index in [1.54, 1.807) is 6.20 Å². The molecule has 2 atom stereocenters. The molecule has 174 valence electrons. The fourth-order valence-corrected chi connectivity index (χ4v) is 1.32. The summed E-state index contributed by atoms with van der Waals surface area (Å²) in [5.74, 6) is -3.50. The standard InChI is InChI=1S/C6H9N3O2.C6H13NO2.2C2H5NO2/c7-5(6(10)11)1-4-2-8-3-9-4;1-4(2)3-5(7)6(8)9;2*3-1-2(4)5/h2-3,5H,1,7H2,(H,8,9)(H,10,11);4-5H,3,7H2,1-2H3,(H,8,9);2*1,3H2,(H,4,5). The summed E-state index contributed by atoms with van der Waals surface area (Å²) in [4.78, 5) is 45.4. The fraction of sp³-hybridized carbons (Fsp3) is 0.562. The number of hydrogen-bond acceptors (Lipinski definition) is 9. The Morgan fingerprint density at radius 3 is 1.53 bits per heavy atom. The number of nitrogens with two attached hydrogens (primary N) is 4. The van der Waals surface area contributed by atoms with Crippen molar-refractivity contribution in [3.05, 3.63) is 18.2 Å². The first kappa shape index (κ1) is 31.6. The Balaban J connectivity index is -0.000000346. The van der Waals surface area contributed by atoms with Crippen molar-refractivity contribution in [2.24, 2.45) is 28.9 Å². The summed E-state index contributed by atoms with van der Waals surface area (Å²) in [5.41, 5.74) is 20.3. The number of H-pyrrole nitrogens is 1. The van der Waals surface area contributed by atoms with Crippen LogP contribution in [-0.4, -0.2) is 79.4 Å². The van der Waals surface area contributed by atoms with Crippen molar-refractivity contribution < 1.29 is 39.6 Å². The lowest BCUT2D eigenvalue weighted by atomic mass is 10.1. The number of carboxylic acid groups (broad SMARTS) is 4. The normalized spacial score (nSPS) is 11.3. The maximum Gasteiger partial charge on any atom is 0.320 e. The highest BCUT2D eigenvalue weighted by Gasteiger charge is 2.12. The Kier molecular flexibility index (Phi) is 20.3. The molecule has 30 heavy (non-hydrogen) atoms. The average Bonchev–Trinajstić information content (AvgIpc) is 3.15. The van der Waals surface area contributed by atoms with Crippen molar-refractivity contribution >= 4 is 23.9 Å². The van der Waals surface area contributed by atoms with Crippen LogP contribution in [0.15, 0.2) is 12.5 Å². The van der Waals surface area contributed by atoms with E-state index in [2.05, 4.69) is 21.4 Å². The number of aliphatic carboxylic acids is 4. The molecule has 1 aromatic rings. The zero-order valence-electron chi connectivity index (χ0n) is 16.9. The Bertz CT molecular complexity index is 595. The molecule has 0 fully saturated rings. The van der Waals surface area contributed by atoms with E-state index in [1.807, 2.05) is 13.8 Å². The molecule has 0 saturated carbocycles. The van der Waals surface area contributed by atoms with Crippen LogP contribution in [0.3, 0.4) is 0 Å². The molecule has 0 aliphatic rings. The molecule has 0 amide bonds. The van der Waals surface area contributed by atoms with Gasteiger partial charge in [0.25, 0.3) is 0 Å². The van der Waals surface area contributed by atoms with Gasteiger partial charge in [0.15, 0.2) is 0 Å².